The summed E-state index contributed by atoms with van der Waals surface area (Å²) in [5, 5.41) is 10.6. The average Bonchev–Trinajstić information content (AvgIpc) is 1.58. The van der Waals surface area contributed by atoms with Crippen LogP contribution < -0.4 is 0 Å². The number of hydrogen-bond acceptors (Lipinski definition) is 15. The molecule has 0 aliphatic carbocycles. The minimum absolute atomic E-state index is 0.105. The summed E-state index contributed by atoms with van der Waals surface area (Å²) in [4.78, 5) is 72.8. The third-order valence-electron chi connectivity index (χ3n) is 17.7. The van der Waals surface area contributed by atoms with E-state index in [1.165, 1.54) is 173 Å². The number of phosphoric acid groups is 2. The first-order valence-corrected chi connectivity index (χ1v) is 41.7. The van der Waals surface area contributed by atoms with Crippen molar-refractivity contribution in [1.82, 2.24) is 0 Å². The number of ether oxygens (including phenoxy) is 4. The highest BCUT2D eigenvalue weighted by Gasteiger charge is 2.30. The summed E-state index contributed by atoms with van der Waals surface area (Å²) in [6.07, 6.45) is 48.5. The topological polar surface area (TPSA) is 237 Å². The zero-order valence-corrected chi connectivity index (χ0v) is 63.4. The van der Waals surface area contributed by atoms with Crippen LogP contribution in [-0.2, 0) is 65.4 Å². The number of rotatable bonds is 72. The lowest BCUT2D eigenvalue weighted by Crippen LogP contribution is -2.30. The highest BCUT2D eigenvalue weighted by atomic mass is 31.2. The smallest absolute Gasteiger partial charge is 0.462 e. The van der Waals surface area contributed by atoms with E-state index in [1.807, 2.05) is 0 Å². The van der Waals surface area contributed by atoms with Gasteiger partial charge < -0.3 is 33.8 Å². The van der Waals surface area contributed by atoms with Gasteiger partial charge in [0, 0.05) is 25.7 Å². The maximum Gasteiger partial charge on any atom is 0.472 e. The SMILES string of the molecule is CCC(C)CCCCCCCCCCCCC(=O)OC[C@H](COP(=O)(O)OCC(O)COP(=O)(O)OC[C@@H](COC(=O)CCCCCCCCCC(C)C)OC(=O)CCCCCCCCCCCCCC(C)C)OC(=O)CCCCCCCCCCCCCCCC(C)C. The molecule has 0 aliphatic heterocycles. The van der Waals surface area contributed by atoms with E-state index in [0.717, 1.165) is 114 Å². The van der Waals surface area contributed by atoms with E-state index in [0.29, 0.717) is 31.6 Å². The molecule has 0 aromatic rings. The Hall–Kier alpha value is -1.94. The van der Waals surface area contributed by atoms with Gasteiger partial charge in [0.15, 0.2) is 12.2 Å². The molecule has 3 N–H and O–H groups in total. The molecule has 6 atom stereocenters. The van der Waals surface area contributed by atoms with Gasteiger partial charge in [0.1, 0.15) is 19.3 Å². The monoisotopic (exact) mass is 1380 g/mol. The summed E-state index contributed by atoms with van der Waals surface area (Å²) in [7, 11) is -9.91. The van der Waals surface area contributed by atoms with Crippen LogP contribution >= 0.6 is 15.6 Å². The molecule has 0 aromatic carbocycles. The Morgan fingerprint density at radius 3 is 0.755 bits per heavy atom. The van der Waals surface area contributed by atoms with Crippen molar-refractivity contribution in [2.45, 2.75) is 395 Å². The number of aliphatic hydroxyl groups excluding tert-OH is 1. The van der Waals surface area contributed by atoms with E-state index >= 15 is 0 Å². The highest BCUT2D eigenvalue weighted by molar-refractivity contribution is 7.47. The molecule has 0 heterocycles. The first-order valence-electron chi connectivity index (χ1n) is 38.7. The van der Waals surface area contributed by atoms with Crippen LogP contribution in [0.3, 0.4) is 0 Å². The van der Waals surface area contributed by atoms with Gasteiger partial charge in [-0.05, 0) is 49.4 Å². The van der Waals surface area contributed by atoms with Crippen LogP contribution in [0, 0.1) is 23.7 Å². The molecule has 558 valence electrons. The molecular formula is C75H146O17P2. The lowest BCUT2D eigenvalue weighted by Gasteiger charge is -2.21. The predicted molar refractivity (Wildman–Crippen MR) is 381 cm³/mol. The van der Waals surface area contributed by atoms with Crippen molar-refractivity contribution in [2.75, 3.05) is 39.6 Å². The third kappa shape index (κ3) is 67.3. The Morgan fingerprint density at radius 2 is 0.511 bits per heavy atom. The summed E-state index contributed by atoms with van der Waals surface area (Å²) in [5.74, 6) is 0.944. The number of unbranched alkanes of at least 4 members (excludes halogenated alkanes) is 37. The van der Waals surface area contributed by atoms with E-state index in [4.69, 9.17) is 37.0 Å². The summed E-state index contributed by atoms with van der Waals surface area (Å²) in [6.45, 7) is 14.2. The molecule has 0 saturated carbocycles. The first-order chi connectivity index (χ1) is 45.1. The van der Waals surface area contributed by atoms with Crippen molar-refractivity contribution in [3.05, 3.63) is 0 Å². The van der Waals surface area contributed by atoms with Crippen LogP contribution in [0.1, 0.15) is 376 Å². The van der Waals surface area contributed by atoms with Gasteiger partial charge in [-0.1, -0.05) is 325 Å². The van der Waals surface area contributed by atoms with Gasteiger partial charge >= 0.3 is 39.5 Å². The van der Waals surface area contributed by atoms with Gasteiger partial charge in [-0.2, -0.15) is 0 Å². The fourth-order valence-electron chi connectivity index (χ4n) is 11.3. The number of esters is 4. The summed E-state index contributed by atoms with van der Waals surface area (Å²) in [5.41, 5.74) is 0. The zero-order valence-electron chi connectivity index (χ0n) is 61.6. The van der Waals surface area contributed by atoms with Crippen molar-refractivity contribution in [3.63, 3.8) is 0 Å². The number of carbonyl (C=O) groups excluding carboxylic acids is 4. The third-order valence-corrected chi connectivity index (χ3v) is 19.6. The second-order valence-corrected chi connectivity index (χ2v) is 31.6. The van der Waals surface area contributed by atoms with Crippen molar-refractivity contribution in [3.8, 4) is 0 Å². The molecule has 0 fully saturated rings. The average molecular weight is 1380 g/mol. The Kier molecular flexibility index (Phi) is 63.1. The van der Waals surface area contributed by atoms with Gasteiger partial charge in [-0.3, -0.25) is 37.3 Å². The summed E-state index contributed by atoms with van der Waals surface area (Å²) < 4.78 is 68.5. The van der Waals surface area contributed by atoms with E-state index in [2.05, 4.69) is 55.4 Å². The Morgan fingerprint density at radius 1 is 0.298 bits per heavy atom. The molecule has 0 amide bonds. The van der Waals surface area contributed by atoms with Gasteiger partial charge in [-0.25, -0.2) is 9.13 Å². The molecule has 0 aliphatic rings. The van der Waals surface area contributed by atoms with E-state index in [1.54, 1.807) is 0 Å². The first kappa shape index (κ1) is 92.1. The predicted octanol–water partition coefficient (Wildman–Crippen LogP) is 21.7. The van der Waals surface area contributed by atoms with Crippen LogP contribution in [0.15, 0.2) is 0 Å². The minimum Gasteiger partial charge on any atom is -0.462 e. The van der Waals surface area contributed by atoms with E-state index < -0.39 is 97.5 Å². The number of hydrogen-bond donors (Lipinski definition) is 3. The van der Waals surface area contributed by atoms with Crippen molar-refractivity contribution in [2.24, 2.45) is 23.7 Å². The largest absolute Gasteiger partial charge is 0.472 e. The van der Waals surface area contributed by atoms with E-state index in [-0.39, 0.29) is 25.7 Å². The number of phosphoric ester groups is 2. The Balaban J connectivity index is 5.27. The zero-order chi connectivity index (χ0) is 69.6. The second kappa shape index (κ2) is 64.4. The molecule has 17 nitrogen and oxygen atoms in total. The summed E-state index contributed by atoms with van der Waals surface area (Å²) in [6, 6.07) is 0. The molecular weight excluding hydrogens is 1230 g/mol. The molecule has 0 bridgehead atoms. The molecule has 0 rings (SSSR count). The molecule has 0 saturated heterocycles. The van der Waals surface area contributed by atoms with Crippen LogP contribution in [0.4, 0.5) is 0 Å². The second-order valence-electron chi connectivity index (χ2n) is 28.7. The minimum atomic E-state index is -4.96. The Labute approximate surface area is 575 Å². The fourth-order valence-corrected chi connectivity index (χ4v) is 12.9. The maximum absolute atomic E-state index is 13.1. The quantitative estimate of drug-likeness (QED) is 0.0222. The number of aliphatic hydroxyl groups is 1. The molecule has 94 heavy (non-hydrogen) atoms. The lowest BCUT2D eigenvalue weighted by atomic mass is 9.99. The summed E-state index contributed by atoms with van der Waals surface area (Å²) >= 11 is 0. The molecule has 0 aromatic heterocycles. The standard InChI is InChI=1S/C75H146O17P2/c1-9-68(8)54-46-38-30-22-18-19-23-31-39-47-55-72(77)85-61-70(91-74(79)57-49-41-32-24-16-12-10-11-14-20-27-35-43-51-65(2)3)63-89-93(81,82)87-59-69(76)60-88-94(83,84)90-64-71(62-86-73(78)56-48-40-34-26-29-37-45-53-67(6)7)92-75(80)58-50-42-33-25-17-13-15-21-28-36-44-52-66(4)5/h65-71,76H,9-64H2,1-8H3,(H,81,82)(H,83,84)/t68?,69?,70-,71-/m1/s1. The molecule has 19 heteroatoms. The van der Waals surface area contributed by atoms with Gasteiger partial charge in [-0.15, -0.1) is 0 Å². The van der Waals surface area contributed by atoms with Crippen molar-refractivity contribution >= 4 is 39.5 Å². The normalized spacial score (nSPS) is 14.4. The highest BCUT2D eigenvalue weighted by Crippen LogP contribution is 2.45. The van der Waals surface area contributed by atoms with Gasteiger partial charge in [0.25, 0.3) is 0 Å². The van der Waals surface area contributed by atoms with Crippen molar-refractivity contribution in [1.29, 1.82) is 0 Å². The van der Waals surface area contributed by atoms with Crippen LogP contribution in [0.25, 0.3) is 0 Å². The maximum atomic E-state index is 13.1. The van der Waals surface area contributed by atoms with Crippen LogP contribution in [0.2, 0.25) is 0 Å². The molecule has 0 spiro atoms. The molecule has 4 unspecified atom stereocenters. The van der Waals surface area contributed by atoms with Crippen molar-refractivity contribution < 1.29 is 80.2 Å². The van der Waals surface area contributed by atoms with Crippen LogP contribution in [-0.4, -0.2) is 96.7 Å². The van der Waals surface area contributed by atoms with Gasteiger partial charge in [0.2, 0.25) is 0 Å². The molecule has 0 radical (unpaired) electrons. The van der Waals surface area contributed by atoms with Gasteiger partial charge in [0.05, 0.1) is 26.4 Å². The fraction of sp³-hybridized carbons (Fsp3) is 0.947. The Bertz CT molecular complexity index is 1850. The van der Waals surface area contributed by atoms with Crippen LogP contribution in [0.5, 0.6) is 0 Å². The lowest BCUT2D eigenvalue weighted by molar-refractivity contribution is -0.161. The van der Waals surface area contributed by atoms with E-state index in [9.17, 15) is 43.2 Å². The number of carbonyl (C=O) groups is 4.